The van der Waals surface area contributed by atoms with E-state index in [2.05, 4.69) is 5.32 Å². The monoisotopic (exact) mass is 221 g/mol. The van der Waals surface area contributed by atoms with Crippen LogP contribution in [0.5, 0.6) is 0 Å². The second-order valence-corrected chi connectivity index (χ2v) is 3.92. The van der Waals surface area contributed by atoms with Crippen LogP contribution in [0.1, 0.15) is 19.4 Å². The maximum absolute atomic E-state index is 12.9. The Balaban J connectivity index is 3.08. The lowest BCUT2D eigenvalue weighted by atomic mass is 10.0. The third kappa shape index (κ3) is 2.48. The van der Waals surface area contributed by atoms with Crippen molar-refractivity contribution in [2.75, 3.05) is 5.32 Å². The summed E-state index contributed by atoms with van der Waals surface area (Å²) in [6.07, 6.45) is 0. The Labute approximate surface area is 92.9 Å². The molecule has 84 valence electrons. The molecule has 4 nitrogen and oxygen atoms in total. The van der Waals surface area contributed by atoms with E-state index in [0.29, 0.717) is 5.69 Å². The van der Waals surface area contributed by atoms with Gasteiger partial charge in [-0.15, -0.1) is 0 Å². The molecule has 0 aliphatic carbocycles. The van der Waals surface area contributed by atoms with E-state index < -0.39 is 17.3 Å². The molecular weight excluding hydrogens is 209 g/mol. The van der Waals surface area contributed by atoms with Gasteiger partial charge >= 0.3 is 0 Å². The molecule has 1 amide bonds. The normalized spacial score (nSPS) is 10.6. The number of nitrogens with two attached hydrogens (primary N) is 1. The van der Waals surface area contributed by atoms with Crippen molar-refractivity contribution >= 4 is 11.6 Å². The summed E-state index contributed by atoms with van der Waals surface area (Å²) in [6, 6.07) is 5.55. The van der Waals surface area contributed by atoms with Crippen molar-refractivity contribution in [2.24, 2.45) is 5.73 Å². The first-order valence-corrected chi connectivity index (χ1v) is 4.64. The van der Waals surface area contributed by atoms with Crippen LogP contribution in [-0.4, -0.2) is 11.4 Å². The van der Waals surface area contributed by atoms with E-state index in [-0.39, 0.29) is 5.56 Å². The summed E-state index contributed by atoms with van der Waals surface area (Å²) in [5.41, 5.74) is 4.70. The van der Waals surface area contributed by atoms with Crippen LogP contribution in [0.3, 0.4) is 0 Å². The van der Waals surface area contributed by atoms with Gasteiger partial charge in [0, 0.05) is 0 Å². The number of halogens is 1. The number of amides is 1. The van der Waals surface area contributed by atoms with E-state index >= 15 is 0 Å². The van der Waals surface area contributed by atoms with Gasteiger partial charge < -0.3 is 11.1 Å². The van der Waals surface area contributed by atoms with Gasteiger partial charge in [0.2, 0.25) is 5.91 Å². The maximum Gasteiger partial charge on any atom is 0.242 e. The van der Waals surface area contributed by atoms with Gasteiger partial charge in [0.1, 0.15) is 17.4 Å². The molecule has 1 aromatic carbocycles. The first-order chi connectivity index (χ1) is 7.36. The molecule has 0 spiro atoms. The number of nitriles is 1. The van der Waals surface area contributed by atoms with Crippen LogP contribution in [-0.2, 0) is 4.79 Å². The number of nitrogens with zero attached hydrogens (tertiary/aromatic N) is 1. The molecule has 0 atom stereocenters. The van der Waals surface area contributed by atoms with Gasteiger partial charge in [0.05, 0.1) is 11.3 Å². The lowest BCUT2D eigenvalue weighted by Crippen LogP contribution is -2.45. The first-order valence-electron chi connectivity index (χ1n) is 4.64. The van der Waals surface area contributed by atoms with Gasteiger partial charge in [-0.2, -0.15) is 5.26 Å². The molecule has 5 heteroatoms. The fourth-order valence-corrected chi connectivity index (χ4v) is 1.12. The molecule has 0 bridgehead atoms. The Morgan fingerprint density at radius 2 is 2.19 bits per heavy atom. The zero-order chi connectivity index (χ0) is 12.3. The number of hydrogen-bond acceptors (Lipinski definition) is 3. The van der Waals surface area contributed by atoms with Crippen LogP contribution in [0.15, 0.2) is 18.2 Å². The minimum atomic E-state index is -0.997. The second kappa shape index (κ2) is 4.19. The Morgan fingerprint density at radius 3 is 2.69 bits per heavy atom. The largest absolute Gasteiger partial charge is 0.371 e. The average Bonchev–Trinajstić information content (AvgIpc) is 2.20. The summed E-state index contributed by atoms with van der Waals surface area (Å²) < 4.78 is 12.9. The smallest absolute Gasteiger partial charge is 0.242 e. The van der Waals surface area contributed by atoms with Crippen molar-refractivity contribution < 1.29 is 9.18 Å². The summed E-state index contributed by atoms with van der Waals surface area (Å²) in [6.45, 7) is 3.17. The maximum atomic E-state index is 12.9. The Morgan fingerprint density at radius 1 is 1.56 bits per heavy atom. The Bertz CT molecular complexity index is 463. The van der Waals surface area contributed by atoms with Crippen molar-refractivity contribution in [3.8, 4) is 6.07 Å². The molecule has 1 aromatic rings. The van der Waals surface area contributed by atoms with Crippen LogP contribution in [0.4, 0.5) is 10.1 Å². The summed E-state index contributed by atoms with van der Waals surface area (Å²) in [5.74, 6) is -1.06. The highest BCUT2D eigenvalue weighted by atomic mass is 19.1. The highest BCUT2D eigenvalue weighted by Gasteiger charge is 2.25. The fourth-order valence-electron chi connectivity index (χ4n) is 1.12. The number of primary amides is 1. The van der Waals surface area contributed by atoms with Crippen molar-refractivity contribution in [3.63, 3.8) is 0 Å². The molecule has 0 heterocycles. The van der Waals surface area contributed by atoms with E-state index in [1.807, 2.05) is 6.07 Å². The van der Waals surface area contributed by atoms with Crippen LogP contribution >= 0.6 is 0 Å². The van der Waals surface area contributed by atoms with E-state index in [4.69, 9.17) is 11.0 Å². The molecule has 3 N–H and O–H groups in total. The Hall–Kier alpha value is -2.09. The standard InChI is InChI=1S/C11H12FN3O/c1-11(2,10(14)16)15-9-4-3-8(12)5-7(9)6-13/h3-5,15H,1-2H3,(H2,14,16). The molecule has 0 fully saturated rings. The first kappa shape index (κ1) is 12.0. The number of hydrogen-bond donors (Lipinski definition) is 2. The number of carbonyl (C=O) groups is 1. The van der Waals surface area contributed by atoms with Gasteiger partial charge in [0.15, 0.2) is 0 Å². The molecule has 16 heavy (non-hydrogen) atoms. The third-order valence-electron chi connectivity index (χ3n) is 2.17. The highest BCUT2D eigenvalue weighted by Crippen LogP contribution is 2.20. The molecule has 0 aliphatic heterocycles. The van der Waals surface area contributed by atoms with E-state index in [0.717, 1.165) is 6.07 Å². The summed E-state index contributed by atoms with van der Waals surface area (Å²) in [7, 11) is 0. The zero-order valence-electron chi connectivity index (χ0n) is 9.04. The third-order valence-corrected chi connectivity index (χ3v) is 2.17. The van der Waals surface area contributed by atoms with Crippen molar-refractivity contribution in [1.29, 1.82) is 5.26 Å². The molecular formula is C11H12FN3O. The van der Waals surface area contributed by atoms with E-state index in [1.54, 1.807) is 13.8 Å². The SMILES string of the molecule is CC(C)(Nc1ccc(F)cc1C#N)C(N)=O. The minimum absolute atomic E-state index is 0.134. The highest BCUT2D eigenvalue weighted by molar-refractivity contribution is 5.87. The summed E-state index contributed by atoms with van der Waals surface area (Å²) >= 11 is 0. The van der Waals surface area contributed by atoms with Gasteiger partial charge in [-0.1, -0.05) is 0 Å². The van der Waals surface area contributed by atoms with E-state index in [1.165, 1.54) is 12.1 Å². The van der Waals surface area contributed by atoms with E-state index in [9.17, 15) is 9.18 Å². The lowest BCUT2D eigenvalue weighted by Gasteiger charge is -2.24. The van der Waals surface area contributed by atoms with Gasteiger partial charge in [-0.05, 0) is 32.0 Å². The van der Waals surface area contributed by atoms with Crippen LogP contribution in [0.25, 0.3) is 0 Å². The molecule has 0 saturated carbocycles. The quantitative estimate of drug-likeness (QED) is 0.809. The topological polar surface area (TPSA) is 78.9 Å². The predicted molar refractivity (Wildman–Crippen MR) is 58.0 cm³/mol. The lowest BCUT2D eigenvalue weighted by molar-refractivity contribution is -0.121. The molecule has 0 saturated heterocycles. The molecule has 0 aromatic heterocycles. The van der Waals surface area contributed by atoms with Crippen LogP contribution < -0.4 is 11.1 Å². The number of benzene rings is 1. The number of rotatable bonds is 3. The van der Waals surface area contributed by atoms with Crippen molar-refractivity contribution in [1.82, 2.24) is 0 Å². The van der Waals surface area contributed by atoms with Gasteiger partial charge in [0.25, 0.3) is 0 Å². The number of nitrogens with one attached hydrogen (secondary N) is 1. The number of anilines is 1. The van der Waals surface area contributed by atoms with Crippen LogP contribution in [0.2, 0.25) is 0 Å². The second-order valence-electron chi connectivity index (χ2n) is 3.92. The van der Waals surface area contributed by atoms with Crippen molar-refractivity contribution in [3.05, 3.63) is 29.6 Å². The minimum Gasteiger partial charge on any atom is -0.371 e. The summed E-state index contributed by atoms with van der Waals surface area (Å²) in [4.78, 5) is 11.1. The van der Waals surface area contributed by atoms with Crippen molar-refractivity contribution in [2.45, 2.75) is 19.4 Å². The average molecular weight is 221 g/mol. The summed E-state index contributed by atoms with van der Waals surface area (Å²) in [5, 5.41) is 11.6. The zero-order valence-corrected chi connectivity index (χ0v) is 9.04. The Kier molecular flexibility index (Phi) is 3.14. The predicted octanol–water partition coefficient (Wildman–Crippen LogP) is 1.37. The molecule has 0 aliphatic rings. The number of carbonyl (C=O) groups excluding carboxylic acids is 1. The molecule has 0 unspecified atom stereocenters. The van der Waals surface area contributed by atoms with Crippen LogP contribution in [0, 0.1) is 17.1 Å². The van der Waals surface area contributed by atoms with Gasteiger partial charge in [-0.25, -0.2) is 4.39 Å². The molecule has 0 radical (unpaired) electrons. The fraction of sp³-hybridized carbons (Fsp3) is 0.273. The molecule has 1 rings (SSSR count). The van der Waals surface area contributed by atoms with Gasteiger partial charge in [-0.3, -0.25) is 4.79 Å².